The lowest BCUT2D eigenvalue weighted by Crippen LogP contribution is -3.19. The third-order valence-corrected chi connectivity index (χ3v) is 5.73. The van der Waals surface area contributed by atoms with Gasteiger partial charge in [0.1, 0.15) is 5.82 Å². The first-order valence-electron chi connectivity index (χ1n) is 9.38. The highest BCUT2D eigenvalue weighted by Crippen LogP contribution is 2.27. The van der Waals surface area contributed by atoms with E-state index in [0.717, 1.165) is 50.5 Å². The number of quaternary nitrogens is 1. The summed E-state index contributed by atoms with van der Waals surface area (Å²) in [6.45, 7) is 6.44. The maximum atomic E-state index is 13.1. The van der Waals surface area contributed by atoms with Gasteiger partial charge in [0, 0.05) is 17.9 Å². The van der Waals surface area contributed by atoms with Crippen LogP contribution in [-0.2, 0) is 11.2 Å². The minimum atomic E-state index is -0.205. The van der Waals surface area contributed by atoms with Gasteiger partial charge in [0.05, 0.1) is 26.2 Å². The molecule has 0 bridgehead atoms. The van der Waals surface area contributed by atoms with Crippen LogP contribution < -0.4 is 14.7 Å². The van der Waals surface area contributed by atoms with Gasteiger partial charge in [-0.1, -0.05) is 18.2 Å². The van der Waals surface area contributed by atoms with Gasteiger partial charge in [-0.2, -0.15) is 0 Å². The van der Waals surface area contributed by atoms with Crippen LogP contribution in [-0.4, -0.2) is 44.7 Å². The van der Waals surface area contributed by atoms with Gasteiger partial charge in [-0.15, -0.1) is 0 Å². The fourth-order valence-corrected chi connectivity index (χ4v) is 4.11. The molecular weight excluding hydrogens is 329 g/mol. The summed E-state index contributed by atoms with van der Waals surface area (Å²) >= 11 is 0. The largest absolute Gasteiger partial charge is 0.360 e. The Balaban J connectivity index is 1.38. The Bertz CT molecular complexity index is 784. The molecule has 1 amide bonds. The van der Waals surface area contributed by atoms with Crippen molar-refractivity contribution in [2.75, 3.05) is 42.5 Å². The lowest BCUT2D eigenvalue weighted by Gasteiger charge is -2.37. The Hall–Kier alpha value is -2.40. The first kappa shape index (κ1) is 17.0. The number of benzene rings is 2. The van der Waals surface area contributed by atoms with Crippen molar-refractivity contribution in [1.82, 2.24) is 0 Å². The summed E-state index contributed by atoms with van der Waals surface area (Å²) in [5.74, 6) is 0.0170. The zero-order valence-electron chi connectivity index (χ0n) is 15.1. The van der Waals surface area contributed by atoms with Crippen molar-refractivity contribution in [3.63, 3.8) is 0 Å². The van der Waals surface area contributed by atoms with E-state index in [1.165, 1.54) is 22.6 Å². The van der Waals surface area contributed by atoms with Gasteiger partial charge in [-0.3, -0.25) is 4.79 Å². The van der Waals surface area contributed by atoms with Crippen LogP contribution in [0.15, 0.2) is 48.5 Å². The Morgan fingerprint density at radius 3 is 2.46 bits per heavy atom. The van der Waals surface area contributed by atoms with Gasteiger partial charge in [-0.05, 0) is 49.2 Å². The second kappa shape index (κ2) is 7.08. The number of carbonyl (C=O) groups excluding carboxylic acids is 1. The van der Waals surface area contributed by atoms with Gasteiger partial charge in [-0.25, -0.2) is 4.39 Å². The van der Waals surface area contributed by atoms with Crippen molar-refractivity contribution in [3.8, 4) is 0 Å². The van der Waals surface area contributed by atoms with E-state index in [4.69, 9.17) is 0 Å². The number of para-hydroxylation sites is 1. The Labute approximate surface area is 153 Å². The molecule has 1 saturated heterocycles. The van der Waals surface area contributed by atoms with E-state index in [-0.39, 0.29) is 17.8 Å². The molecule has 2 heterocycles. The molecule has 0 aliphatic carbocycles. The Morgan fingerprint density at radius 2 is 1.73 bits per heavy atom. The van der Waals surface area contributed by atoms with E-state index in [0.29, 0.717) is 0 Å². The summed E-state index contributed by atoms with van der Waals surface area (Å²) in [5, 5.41) is 0. The van der Waals surface area contributed by atoms with Crippen LogP contribution in [0.4, 0.5) is 15.8 Å². The molecular formula is C21H25FN3O+. The smallest absolute Gasteiger partial charge is 0.284 e. The van der Waals surface area contributed by atoms with Crippen LogP contribution in [0.3, 0.4) is 0 Å². The zero-order chi connectivity index (χ0) is 18.1. The van der Waals surface area contributed by atoms with Gasteiger partial charge in [0.25, 0.3) is 5.91 Å². The number of halogens is 1. The Morgan fingerprint density at radius 1 is 1.04 bits per heavy atom. The predicted molar refractivity (Wildman–Crippen MR) is 101 cm³/mol. The first-order valence-corrected chi connectivity index (χ1v) is 9.38. The maximum Gasteiger partial charge on any atom is 0.284 e. The number of carbonyl (C=O) groups is 1. The molecule has 2 aliphatic heterocycles. The normalized spacial score (nSPS) is 18.7. The van der Waals surface area contributed by atoms with E-state index in [1.807, 2.05) is 36.1 Å². The van der Waals surface area contributed by atoms with E-state index < -0.39 is 0 Å². The van der Waals surface area contributed by atoms with Crippen LogP contribution in [0.1, 0.15) is 12.5 Å². The van der Waals surface area contributed by atoms with Crippen LogP contribution in [0.5, 0.6) is 0 Å². The van der Waals surface area contributed by atoms with Crippen LogP contribution in [0, 0.1) is 5.82 Å². The standard InChI is InChI=1S/C21H24FN3O/c1-16(21(26)25-11-10-17-4-2-3-5-20(17)25)23-12-14-24(15-13-23)19-8-6-18(22)7-9-19/h2-9,16H,10-15H2,1H3/p+1/t16-/m0/s1. The minimum Gasteiger partial charge on any atom is -0.360 e. The van der Waals surface area contributed by atoms with Crippen LogP contribution in [0.25, 0.3) is 0 Å². The molecule has 1 atom stereocenters. The number of hydrogen-bond acceptors (Lipinski definition) is 2. The number of rotatable bonds is 3. The van der Waals surface area contributed by atoms with Gasteiger partial charge in [0.15, 0.2) is 6.04 Å². The fourth-order valence-electron chi connectivity index (χ4n) is 4.11. The van der Waals surface area contributed by atoms with Crippen molar-refractivity contribution >= 4 is 17.3 Å². The molecule has 2 aliphatic rings. The topological polar surface area (TPSA) is 28.0 Å². The number of fused-ring (bicyclic) bond motifs is 1. The number of hydrogen-bond donors (Lipinski definition) is 1. The summed E-state index contributed by atoms with van der Waals surface area (Å²) in [4.78, 5) is 18.6. The highest BCUT2D eigenvalue weighted by molar-refractivity contribution is 5.97. The Kier molecular flexibility index (Phi) is 4.64. The predicted octanol–water partition coefficient (Wildman–Crippen LogP) is 1.51. The molecule has 1 N–H and O–H groups in total. The zero-order valence-corrected chi connectivity index (χ0v) is 15.1. The molecule has 0 unspecified atom stereocenters. The van der Waals surface area contributed by atoms with Crippen LogP contribution >= 0.6 is 0 Å². The van der Waals surface area contributed by atoms with E-state index in [1.54, 1.807) is 0 Å². The van der Waals surface area contributed by atoms with E-state index in [2.05, 4.69) is 17.0 Å². The van der Waals surface area contributed by atoms with Crippen molar-refractivity contribution in [3.05, 3.63) is 59.9 Å². The molecule has 4 nitrogen and oxygen atoms in total. The lowest BCUT2D eigenvalue weighted by atomic mass is 10.1. The second-order valence-electron chi connectivity index (χ2n) is 7.21. The molecule has 1 fully saturated rings. The number of anilines is 2. The molecule has 4 rings (SSSR count). The van der Waals surface area contributed by atoms with E-state index >= 15 is 0 Å². The average molecular weight is 354 g/mol. The summed E-state index contributed by atoms with van der Waals surface area (Å²) in [5.41, 5.74) is 3.40. The van der Waals surface area contributed by atoms with Crippen LogP contribution in [0.2, 0.25) is 0 Å². The third kappa shape index (κ3) is 3.19. The van der Waals surface area contributed by atoms with E-state index in [9.17, 15) is 9.18 Å². The van der Waals surface area contributed by atoms with Gasteiger partial charge < -0.3 is 14.7 Å². The number of nitrogens with zero attached hydrogens (tertiary/aromatic N) is 2. The van der Waals surface area contributed by atoms with Crippen molar-refractivity contribution in [2.45, 2.75) is 19.4 Å². The minimum absolute atomic E-state index is 0.0449. The number of nitrogens with one attached hydrogen (secondary N) is 1. The molecule has 0 saturated carbocycles. The molecule has 5 heteroatoms. The first-order chi connectivity index (χ1) is 12.6. The van der Waals surface area contributed by atoms with Gasteiger partial charge in [0.2, 0.25) is 0 Å². The summed E-state index contributed by atoms with van der Waals surface area (Å²) in [6.07, 6.45) is 0.947. The fraction of sp³-hybridized carbons (Fsp3) is 0.381. The van der Waals surface area contributed by atoms with Gasteiger partial charge >= 0.3 is 0 Å². The SMILES string of the molecule is C[C@@H](C(=O)N1CCc2ccccc21)[NH+]1CCN(c2ccc(F)cc2)CC1. The number of piperazine rings is 1. The summed E-state index contributed by atoms with van der Waals surface area (Å²) in [6, 6.07) is 14.8. The molecule has 2 aromatic rings. The number of amides is 1. The maximum absolute atomic E-state index is 13.1. The molecule has 2 aromatic carbocycles. The molecule has 26 heavy (non-hydrogen) atoms. The molecule has 0 spiro atoms. The molecule has 0 aromatic heterocycles. The second-order valence-corrected chi connectivity index (χ2v) is 7.21. The third-order valence-electron chi connectivity index (χ3n) is 5.73. The van der Waals surface area contributed by atoms with Crippen molar-refractivity contribution in [2.24, 2.45) is 0 Å². The lowest BCUT2D eigenvalue weighted by molar-refractivity contribution is -0.914. The average Bonchev–Trinajstić information content (AvgIpc) is 3.12. The highest BCUT2D eigenvalue weighted by Gasteiger charge is 2.35. The van der Waals surface area contributed by atoms with Crippen molar-refractivity contribution < 1.29 is 14.1 Å². The summed E-state index contributed by atoms with van der Waals surface area (Å²) in [7, 11) is 0. The quantitative estimate of drug-likeness (QED) is 0.905. The molecule has 0 radical (unpaired) electrons. The van der Waals surface area contributed by atoms with Crippen molar-refractivity contribution in [1.29, 1.82) is 0 Å². The highest BCUT2D eigenvalue weighted by atomic mass is 19.1. The summed E-state index contributed by atoms with van der Waals surface area (Å²) < 4.78 is 13.1. The monoisotopic (exact) mass is 354 g/mol. The molecule has 136 valence electrons.